The summed E-state index contributed by atoms with van der Waals surface area (Å²) in [5, 5.41) is 7.34. The third kappa shape index (κ3) is 2.27. The second kappa shape index (κ2) is 4.82. The van der Waals surface area contributed by atoms with Gasteiger partial charge >= 0.3 is 0 Å². The van der Waals surface area contributed by atoms with Crippen LogP contribution in [0.25, 0.3) is 0 Å². The molecule has 4 saturated carbocycles. The molecule has 0 spiro atoms. The lowest BCUT2D eigenvalue weighted by molar-refractivity contribution is -0.146. The molecule has 0 radical (unpaired) electrons. The first-order chi connectivity index (χ1) is 10.1. The minimum Gasteiger partial charge on any atom is -0.353 e. The second-order valence-electron chi connectivity index (χ2n) is 7.63. The van der Waals surface area contributed by atoms with Crippen LogP contribution in [0.1, 0.15) is 51.5 Å². The number of rotatable bonds is 4. The maximum atomic E-state index is 12.8. The van der Waals surface area contributed by atoms with E-state index in [1.54, 1.807) is 11.0 Å². The zero-order valence-corrected chi connectivity index (χ0v) is 12.7. The Bertz CT molecular complexity index is 489. The van der Waals surface area contributed by atoms with Crippen LogP contribution in [0.5, 0.6) is 0 Å². The summed E-state index contributed by atoms with van der Waals surface area (Å²) in [5.41, 5.74) is -0.0448. The van der Waals surface area contributed by atoms with Crippen molar-refractivity contribution in [3.63, 3.8) is 0 Å². The number of nitrogens with zero attached hydrogens (tertiary/aromatic N) is 3. The van der Waals surface area contributed by atoms with Gasteiger partial charge < -0.3 is 5.32 Å². The molecule has 4 aliphatic carbocycles. The van der Waals surface area contributed by atoms with Crippen LogP contribution in [0.4, 0.5) is 0 Å². The standard InChI is InChI=1S/C16H24N4O/c1-11(20-10-17-9-19-20)8-18-15(21)16-5-12-2-13(6-16)4-14(3-12)7-16/h9-14H,2-8H2,1H3,(H,18,21)/t11-,12?,13?,14?,16?/m1/s1. The van der Waals surface area contributed by atoms with Crippen LogP contribution in [0, 0.1) is 23.2 Å². The quantitative estimate of drug-likeness (QED) is 0.923. The molecular weight excluding hydrogens is 264 g/mol. The molecule has 5 rings (SSSR count). The number of carbonyl (C=O) groups is 1. The number of aromatic nitrogens is 3. The van der Waals surface area contributed by atoms with Gasteiger partial charge in [-0.25, -0.2) is 9.67 Å². The molecule has 1 heterocycles. The van der Waals surface area contributed by atoms with Crippen molar-refractivity contribution in [2.45, 2.75) is 51.5 Å². The number of carbonyl (C=O) groups excluding carboxylic acids is 1. The molecule has 4 fully saturated rings. The van der Waals surface area contributed by atoms with Gasteiger partial charge in [0.2, 0.25) is 5.91 Å². The second-order valence-corrected chi connectivity index (χ2v) is 7.63. The van der Waals surface area contributed by atoms with Crippen molar-refractivity contribution in [2.24, 2.45) is 23.2 Å². The summed E-state index contributed by atoms with van der Waals surface area (Å²) in [6, 6.07) is 0.158. The first-order valence-corrected chi connectivity index (χ1v) is 8.27. The zero-order chi connectivity index (χ0) is 14.4. The lowest BCUT2D eigenvalue weighted by Crippen LogP contribution is -2.54. The van der Waals surface area contributed by atoms with Gasteiger partial charge in [-0.15, -0.1) is 0 Å². The molecular formula is C16H24N4O. The molecule has 1 N–H and O–H groups in total. The normalized spacial score (nSPS) is 38.4. The molecule has 5 heteroatoms. The highest BCUT2D eigenvalue weighted by Gasteiger charge is 2.54. The minimum atomic E-state index is -0.0448. The monoisotopic (exact) mass is 288 g/mol. The van der Waals surface area contributed by atoms with E-state index in [0.29, 0.717) is 12.5 Å². The van der Waals surface area contributed by atoms with Gasteiger partial charge in [-0.05, 0) is 63.2 Å². The number of nitrogens with one attached hydrogen (secondary N) is 1. The summed E-state index contributed by atoms with van der Waals surface area (Å²) in [5.74, 6) is 2.74. The summed E-state index contributed by atoms with van der Waals surface area (Å²) in [6.45, 7) is 2.71. The Labute approximate surface area is 125 Å². The van der Waals surface area contributed by atoms with Crippen molar-refractivity contribution in [3.05, 3.63) is 12.7 Å². The highest BCUT2D eigenvalue weighted by molar-refractivity contribution is 5.83. The van der Waals surface area contributed by atoms with Crippen molar-refractivity contribution >= 4 is 5.91 Å². The van der Waals surface area contributed by atoms with Gasteiger partial charge in [0.15, 0.2) is 0 Å². The van der Waals surface area contributed by atoms with E-state index < -0.39 is 0 Å². The topological polar surface area (TPSA) is 59.8 Å². The van der Waals surface area contributed by atoms with Crippen LogP contribution in [-0.4, -0.2) is 27.2 Å². The Kier molecular flexibility index (Phi) is 3.05. The van der Waals surface area contributed by atoms with Gasteiger partial charge in [0.25, 0.3) is 0 Å². The molecule has 5 nitrogen and oxygen atoms in total. The fraction of sp³-hybridized carbons (Fsp3) is 0.812. The van der Waals surface area contributed by atoms with E-state index in [2.05, 4.69) is 22.3 Å². The molecule has 4 bridgehead atoms. The average Bonchev–Trinajstić information content (AvgIpc) is 2.97. The molecule has 0 aromatic carbocycles. The maximum absolute atomic E-state index is 12.8. The predicted molar refractivity (Wildman–Crippen MR) is 78.3 cm³/mol. The Hall–Kier alpha value is -1.39. The summed E-state index contributed by atoms with van der Waals surface area (Å²) in [7, 11) is 0. The fourth-order valence-corrected chi connectivity index (χ4v) is 5.36. The average molecular weight is 288 g/mol. The van der Waals surface area contributed by atoms with E-state index in [9.17, 15) is 4.79 Å². The van der Waals surface area contributed by atoms with Gasteiger partial charge in [0, 0.05) is 12.0 Å². The summed E-state index contributed by atoms with van der Waals surface area (Å²) in [6.07, 6.45) is 10.8. The fourth-order valence-electron chi connectivity index (χ4n) is 5.36. The molecule has 0 aliphatic heterocycles. The van der Waals surface area contributed by atoms with Crippen LogP contribution in [0.3, 0.4) is 0 Å². The van der Waals surface area contributed by atoms with E-state index in [-0.39, 0.29) is 11.5 Å². The van der Waals surface area contributed by atoms with Crippen LogP contribution in [-0.2, 0) is 4.79 Å². The molecule has 0 saturated heterocycles. The molecule has 4 aliphatic rings. The van der Waals surface area contributed by atoms with Crippen LogP contribution in [0.2, 0.25) is 0 Å². The molecule has 1 atom stereocenters. The van der Waals surface area contributed by atoms with Crippen molar-refractivity contribution in [1.29, 1.82) is 0 Å². The SMILES string of the molecule is C[C@H](CNC(=O)C12CC3CC(CC(C3)C1)C2)n1cncn1. The third-order valence-corrected chi connectivity index (χ3v) is 5.97. The molecule has 21 heavy (non-hydrogen) atoms. The Balaban J connectivity index is 1.41. The van der Waals surface area contributed by atoms with Gasteiger partial charge in [-0.3, -0.25) is 4.79 Å². The molecule has 1 aromatic rings. The zero-order valence-electron chi connectivity index (χ0n) is 12.7. The van der Waals surface area contributed by atoms with E-state index in [0.717, 1.165) is 37.0 Å². The van der Waals surface area contributed by atoms with Gasteiger partial charge in [0.1, 0.15) is 12.7 Å². The smallest absolute Gasteiger partial charge is 0.226 e. The number of hydrogen-bond acceptors (Lipinski definition) is 3. The summed E-state index contributed by atoms with van der Waals surface area (Å²) in [4.78, 5) is 16.8. The van der Waals surface area contributed by atoms with E-state index >= 15 is 0 Å². The van der Waals surface area contributed by atoms with Crippen LogP contribution < -0.4 is 5.32 Å². The Morgan fingerprint density at radius 3 is 2.43 bits per heavy atom. The summed E-state index contributed by atoms with van der Waals surface area (Å²) >= 11 is 0. The Morgan fingerprint density at radius 1 is 1.29 bits per heavy atom. The third-order valence-electron chi connectivity index (χ3n) is 5.97. The van der Waals surface area contributed by atoms with E-state index in [1.165, 1.54) is 25.6 Å². The lowest BCUT2D eigenvalue weighted by Gasteiger charge is -2.55. The van der Waals surface area contributed by atoms with Crippen LogP contribution >= 0.6 is 0 Å². The van der Waals surface area contributed by atoms with Crippen molar-refractivity contribution < 1.29 is 4.79 Å². The highest BCUT2D eigenvalue weighted by atomic mass is 16.2. The van der Waals surface area contributed by atoms with Gasteiger partial charge in [0.05, 0.1) is 6.04 Å². The molecule has 0 unspecified atom stereocenters. The van der Waals surface area contributed by atoms with Crippen molar-refractivity contribution in [1.82, 2.24) is 20.1 Å². The number of amides is 1. The first kappa shape index (κ1) is 13.3. The highest BCUT2D eigenvalue weighted by Crippen LogP contribution is 2.60. The van der Waals surface area contributed by atoms with Gasteiger partial charge in [-0.1, -0.05) is 0 Å². The Morgan fingerprint density at radius 2 is 1.90 bits per heavy atom. The molecule has 1 amide bonds. The van der Waals surface area contributed by atoms with Gasteiger partial charge in [-0.2, -0.15) is 5.10 Å². The van der Waals surface area contributed by atoms with Crippen molar-refractivity contribution in [2.75, 3.05) is 6.54 Å². The maximum Gasteiger partial charge on any atom is 0.226 e. The molecule has 114 valence electrons. The summed E-state index contributed by atoms with van der Waals surface area (Å²) < 4.78 is 1.81. The largest absolute Gasteiger partial charge is 0.353 e. The van der Waals surface area contributed by atoms with E-state index in [4.69, 9.17) is 0 Å². The lowest BCUT2D eigenvalue weighted by atomic mass is 9.49. The minimum absolute atomic E-state index is 0.0448. The first-order valence-electron chi connectivity index (χ1n) is 8.27. The van der Waals surface area contributed by atoms with E-state index in [1.807, 2.05) is 0 Å². The predicted octanol–water partition coefficient (Wildman–Crippen LogP) is 2.17. The van der Waals surface area contributed by atoms with Crippen molar-refractivity contribution in [3.8, 4) is 0 Å². The van der Waals surface area contributed by atoms with Crippen LogP contribution in [0.15, 0.2) is 12.7 Å². The molecule has 1 aromatic heterocycles. The number of hydrogen-bond donors (Lipinski definition) is 1.